The predicted molar refractivity (Wildman–Crippen MR) is 65.9 cm³/mol. The fourth-order valence-electron chi connectivity index (χ4n) is 2.00. The molecule has 0 atom stereocenters. The van der Waals surface area contributed by atoms with Crippen molar-refractivity contribution in [3.63, 3.8) is 0 Å². The number of alkyl halides is 1. The Kier molecular flexibility index (Phi) is 3.65. The molecule has 1 fully saturated rings. The Morgan fingerprint density at radius 3 is 2.67 bits per heavy atom. The first-order chi connectivity index (χ1) is 7.20. The lowest BCUT2D eigenvalue weighted by molar-refractivity contribution is 0.255. The van der Waals surface area contributed by atoms with Gasteiger partial charge in [-0.15, -0.1) is 22.9 Å². The van der Waals surface area contributed by atoms with Crippen molar-refractivity contribution in [1.29, 1.82) is 0 Å². The zero-order chi connectivity index (χ0) is 10.8. The molecule has 0 aliphatic carbocycles. The Morgan fingerprint density at radius 1 is 1.47 bits per heavy atom. The number of hydrogen-bond acceptors (Lipinski definition) is 3. The van der Waals surface area contributed by atoms with Crippen LogP contribution in [0.1, 0.15) is 34.3 Å². The highest BCUT2D eigenvalue weighted by molar-refractivity contribution is 7.12. The summed E-state index contributed by atoms with van der Waals surface area (Å²) in [6.07, 6.45) is 2.48. The summed E-state index contributed by atoms with van der Waals surface area (Å²) in [6.45, 7) is 4.45. The minimum Gasteiger partial charge on any atom is -0.306 e. The summed E-state index contributed by atoms with van der Waals surface area (Å²) in [5.74, 6) is 1.28. The second-order valence-electron chi connectivity index (χ2n) is 4.27. The zero-order valence-electron chi connectivity index (χ0n) is 9.29. The van der Waals surface area contributed by atoms with E-state index in [1.807, 2.05) is 0 Å². The predicted octanol–water partition coefficient (Wildman–Crippen LogP) is 3.00. The van der Waals surface area contributed by atoms with Gasteiger partial charge >= 0.3 is 0 Å². The Labute approximate surface area is 100 Å². The highest BCUT2D eigenvalue weighted by Gasteiger charge is 2.21. The summed E-state index contributed by atoms with van der Waals surface area (Å²) in [6, 6.07) is 0. The lowest BCUT2D eigenvalue weighted by Gasteiger charge is -2.27. The van der Waals surface area contributed by atoms with Crippen LogP contribution in [0.5, 0.6) is 0 Å². The maximum Gasteiger partial charge on any atom is 0.0963 e. The quantitative estimate of drug-likeness (QED) is 0.744. The van der Waals surface area contributed by atoms with E-state index in [9.17, 15) is 0 Å². The van der Waals surface area contributed by atoms with Gasteiger partial charge in [-0.3, -0.25) is 0 Å². The maximum absolute atomic E-state index is 5.87. The Bertz CT molecular complexity index is 329. The van der Waals surface area contributed by atoms with E-state index in [-0.39, 0.29) is 0 Å². The maximum atomic E-state index is 5.87. The van der Waals surface area contributed by atoms with Gasteiger partial charge in [0.25, 0.3) is 0 Å². The second kappa shape index (κ2) is 4.81. The summed E-state index contributed by atoms with van der Waals surface area (Å²) in [5, 5.41) is 1.30. The molecular weight excluding hydrogens is 228 g/mol. The molecule has 1 aromatic heterocycles. The van der Waals surface area contributed by atoms with E-state index in [2.05, 4.69) is 23.9 Å². The van der Waals surface area contributed by atoms with Gasteiger partial charge in [-0.25, -0.2) is 4.98 Å². The normalized spacial score (nSPS) is 19.7. The minimum absolute atomic E-state index is 0.607. The van der Waals surface area contributed by atoms with Crippen molar-refractivity contribution in [2.75, 3.05) is 20.1 Å². The molecule has 4 heteroatoms. The van der Waals surface area contributed by atoms with Gasteiger partial charge in [0.2, 0.25) is 0 Å². The molecule has 0 aromatic carbocycles. The number of halogens is 1. The number of aromatic nitrogens is 1. The van der Waals surface area contributed by atoms with E-state index in [0.717, 1.165) is 5.69 Å². The third-order valence-corrected chi connectivity index (χ3v) is 4.84. The summed E-state index contributed by atoms with van der Waals surface area (Å²) in [4.78, 5) is 8.28. The van der Waals surface area contributed by atoms with Crippen LogP contribution in [0.4, 0.5) is 0 Å². The molecule has 15 heavy (non-hydrogen) atoms. The van der Waals surface area contributed by atoms with Crippen LogP contribution in [0.25, 0.3) is 0 Å². The van der Waals surface area contributed by atoms with Crippen molar-refractivity contribution in [2.45, 2.75) is 31.6 Å². The smallest absolute Gasteiger partial charge is 0.0963 e. The first kappa shape index (κ1) is 11.4. The van der Waals surface area contributed by atoms with E-state index >= 15 is 0 Å². The van der Waals surface area contributed by atoms with Crippen LogP contribution in [-0.2, 0) is 5.88 Å². The Hall–Kier alpha value is -0.120. The van der Waals surface area contributed by atoms with Crippen LogP contribution in [0, 0.1) is 6.92 Å². The molecule has 0 saturated carbocycles. The molecule has 0 amide bonds. The summed E-state index contributed by atoms with van der Waals surface area (Å²) >= 11 is 7.68. The number of piperidine rings is 1. The van der Waals surface area contributed by atoms with E-state index < -0.39 is 0 Å². The van der Waals surface area contributed by atoms with Crippen LogP contribution in [0.2, 0.25) is 0 Å². The van der Waals surface area contributed by atoms with Crippen LogP contribution in [-0.4, -0.2) is 30.0 Å². The van der Waals surface area contributed by atoms with Crippen LogP contribution in [0.3, 0.4) is 0 Å². The van der Waals surface area contributed by atoms with Gasteiger partial charge in [-0.1, -0.05) is 0 Å². The number of nitrogens with zero attached hydrogens (tertiary/aromatic N) is 2. The topological polar surface area (TPSA) is 16.1 Å². The van der Waals surface area contributed by atoms with Crippen molar-refractivity contribution in [3.8, 4) is 0 Å². The van der Waals surface area contributed by atoms with Gasteiger partial charge in [-0.2, -0.15) is 0 Å². The van der Waals surface area contributed by atoms with Crippen molar-refractivity contribution in [1.82, 2.24) is 9.88 Å². The summed E-state index contributed by atoms with van der Waals surface area (Å²) in [5.41, 5.74) is 1.13. The van der Waals surface area contributed by atoms with E-state index in [1.54, 1.807) is 11.3 Å². The molecule has 0 radical (unpaired) electrons. The Morgan fingerprint density at radius 2 is 2.13 bits per heavy atom. The molecule has 84 valence electrons. The summed E-state index contributed by atoms with van der Waals surface area (Å²) < 4.78 is 0. The van der Waals surface area contributed by atoms with Gasteiger partial charge in [0.1, 0.15) is 0 Å². The molecule has 0 bridgehead atoms. The highest BCUT2D eigenvalue weighted by Crippen LogP contribution is 2.32. The monoisotopic (exact) mass is 244 g/mol. The zero-order valence-corrected chi connectivity index (χ0v) is 10.9. The molecule has 0 N–H and O–H groups in total. The van der Waals surface area contributed by atoms with Gasteiger partial charge in [0, 0.05) is 10.8 Å². The first-order valence-corrected chi connectivity index (χ1v) is 6.76. The SMILES string of the molecule is Cc1nc(C2CCN(C)CC2)sc1CCl. The van der Waals surface area contributed by atoms with Crippen molar-refractivity contribution < 1.29 is 0 Å². The summed E-state index contributed by atoms with van der Waals surface area (Å²) in [7, 11) is 2.19. The van der Waals surface area contributed by atoms with E-state index in [4.69, 9.17) is 11.6 Å². The minimum atomic E-state index is 0.607. The number of thiazole rings is 1. The van der Waals surface area contributed by atoms with Gasteiger partial charge in [-0.05, 0) is 39.9 Å². The third kappa shape index (κ3) is 2.52. The molecule has 2 nitrogen and oxygen atoms in total. The molecule has 2 rings (SSSR count). The van der Waals surface area contributed by atoms with Crippen molar-refractivity contribution in [2.24, 2.45) is 0 Å². The lowest BCUT2D eigenvalue weighted by atomic mass is 9.98. The molecule has 1 aliphatic rings. The molecule has 0 spiro atoms. The van der Waals surface area contributed by atoms with Crippen LogP contribution in [0.15, 0.2) is 0 Å². The van der Waals surface area contributed by atoms with Crippen molar-refractivity contribution >= 4 is 22.9 Å². The third-order valence-electron chi connectivity index (χ3n) is 3.10. The number of rotatable bonds is 2. The van der Waals surface area contributed by atoms with Gasteiger partial charge in [0.05, 0.1) is 16.6 Å². The molecule has 1 saturated heterocycles. The average molecular weight is 245 g/mol. The molecule has 2 heterocycles. The van der Waals surface area contributed by atoms with E-state index in [1.165, 1.54) is 35.8 Å². The Balaban J connectivity index is 2.09. The van der Waals surface area contributed by atoms with Gasteiger partial charge < -0.3 is 4.90 Å². The fourth-order valence-corrected chi connectivity index (χ4v) is 3.45. The van der Waals surface area contributed by atoms with Crippen LogP contribution < -0.4 is 0 Å². The van der Waals surface area contributed by atoms with Gasteiger partial charge in [0.15, 0.2) is 0 Å². The fraction of sp³-hybridized carbons (Fsp3) is 0.727. The molecular formula is C11H17ClN2S. The van der Waals surface area contributed by atoms with Crippen LogP contribution >= 0.6 is 22.9 Å². The number of aryl methyl sites for hydroxylation is 1. The van der Waals surface area contributed by atoms with Crippen molar-refractivity contribution in [3.05, 3.63) is 15.6 Å². The standard InChI is InChI=1S/C11H17ClN2S/c1-8-10(7-12)15-11(13-8)9-3-5-14(2)6-4-9/h9H,3-7H2,1-2H3. The lowest BCUT2D eigenvalue weighted by Crippen LogP contribution is -2.29. The number of likely N-dealkylation sites (tertiary alicyclic amines) is 1. The average Bonchev–Trinajstić information content (AvgIpc) is 2.61. The largest absolute Gasteiger partial charge is 0.306 e. The van der Waals surface area contributed by atoms with E-state index in [0.29, 0.717) is 11.8 Å². The molecule has 0 unspecified atom stereocenters. The highest BCUT2D eigenvalue weighted by atomic mass is 35.5. The molecule has 1 aromatic rings. The first-order valence-electron chi connectivity index (χ1n) is 5.41. The number of hydrogen-bond donors (Lipinski definition) is 0. The molecule has 1 aliphatic heterocycles. The second-order valence-corrected chi connectivity index (χ2v) is 5.65.